The lowest BCUT2D eigenvalue weighted by Gasteiger charge is -2.32. The summed E-state index contributed by atoms with van der Waals surface area (Å²) in [5, 5.41) is 9.89. The molecule has 0 bridgehead atoms. The molecular weight excluding hydrogens is 296 g/mol. The van der Waals surface area contributed by atoms with Crippen LogP contribution in [0.4, 0.5) is 0 Å². The van der Waals surface area contributed by atoms with Gasteiger partial charge in [-0.15, -0.1) is 0 Å². The molecule has 1 N–H and O–H groups in total. The van der Waals surface area contributed by atoms with Crippen LogP contribution in [0, 0.1) is 5.41 Å². The van der Waals surface area contributed by atoms with Crippen LogP contribution >= 0.6 is 0 Å². The van der Waals surface area contributed by atoms with Crippen molar-refractivity contribution in [3.8, 4) is 0 Å². The molecule has 2 heterocycles. The van der Waals surface area contributed by atoms with Crippen molar-refractivity contribution < 1.29 is 24.2 Å². The highest BCUT2D eigenvalue weighted by atomic mass is 16.6. The second kappa shape index (κ2) is 5.56. The lowest BCUT2D eigenvalue weighted by atomic mass is 9.69. The monoisotopic (exact) mass is 320 g/mol. The minimum Gasteiger partial charge on any atom is -0.457 e. The third-order valence-electron chi connectivity index (χ3n) is 5.20. The molecule has 0 unspecified atom stereocenters. The standard InChI is InChI=1S/C18H24O5/c1-11(4-7-14-17(2,3)23-14)8-15-18(10-16(21)22-15)9-12(19)5-6-13(18)20/h5-6,8,12,14-15,19H,4,7,9-10H2,1-3H3/t12-,14-,15-,18+/m1/s1. The quantitative estimate of drug-likeness (QED) is 0.487. The maximum atomic E-state index is 12.4. The van der Waals surface area contributed by atoms with Crippen LogP contribution in [0.3, 0.4) is 0 Å². The van der Waals surface area contributed by atoms with E-state index in [-0.39, 0.29) is 36.3 Å². The number of cyclic esters (lactones) is 1. The number of esters is 1. The molecular formula is C18H24O5. The van der Waals surface area contributed by atoms with Gasteiger partial charge in [0.15, 0.2) is 5.78 Å². The molecule has 1 aliphatic carbocycles. The molecule has 4 atom stereocenters. The Balaban J connectivity index is 1.72. The van der Waals surface area contributed by atoms with Gasteiger partial charge in [0, 0.05) is 0 Å². The van der Waals surface area contributed by atoms with E-state index in [1.165, 1.54) is 12.2 Å². The van der Waals surface area contributed by atoms with Crippen molar-refractivity contribution in [1.29, 1.82) is 0 Å². The van der Waals surface area contributed by atoms with Gasteiger partial charge in [-0.2, -0.15) is 0 Å². The fourth-order valence-electron chi connectivity index (χ4n) is 3.61. The number of carbonyl (C=O) groups excluding carboxylic acids is 2. The third kappa shape index (κ3) is 3.12. The Kier molecular flexibility index (Phi) is 3.97. The van der Waals surface area contributed by atoms with Gasteiger partial charge in [0.25, 0.3) is 0 Å². The number of ketones is 1. The number of allylic oxidation sites excluding steroid dienone is 2. The average Bonchev–Trinajstić information content (AvgIpc) is 2.95. The summed E-state index contributed by atoms with van der Waals surface area (Å²) < 4.78 is 11.0. The van der Waals surface area contributed by atoms with Gasteiger partial charge in [0.2, 0.25) is 0 Å². The first kappa shape index (κ1) is 16.4. The van der Waals surface area contributed by atoms with E-state index in [0.717, 1.165) is 18.4 Å². The summed E-state index contributed by atoms with van der Waals surface area (Å²) in [6.07, 6.45) is 5.75. The summed E-state index contributed by atoms with van der Waals surface area (Å²) in [4.78, 5) is 24.2. The van der Waals surface area contributed by atoms with E-state index in [9.17, 15) is 14.7 Å². The van der Waals surface area contributed by atoms with E-state index in [2.05, 4.69) is 13.8 Å². The molecule has 5 nitrogen and oxygen atoms in total. The van der Waals surface area contributed by atoms with Crippen molar-refractivity contribution in [3.05, 3.63) is 23.8 Å². The number of ether oxygens (including phenoxy) is 2. The molecule has 3 aliphatic rings. The molecule has 0 aromatic rings. The lowest BCUT2D eigenvalue weighted by molar-refractivity contribution is -0.140. The molecule has 23 heavy (non-hydrogen) atoms. The predicted octanol–water partition coefficient (Wildman–Crippen LogP) is 2.08. The fourth-order valence-corrected chi connectivity index (χ4v) is 3.61. The summed E-state index contributed by atoms with van der Waals surface area (Å²) in [5.74, 6) is -0.504. The summed E-state index contributed by atoms with van der Waals surface area (Å²) >= 11 is 0. The number of rotatable bonds is 4. The minimum absolute atomic E-state index is 0.0322. The third-order valence-corrected chi connectivity index (χ3v) is 5.20. The highest BCUT2D eigenvalue weighted by Crippen LogP contribution is 2.45. The molecule has 0 amide bonds. The first-order valence-electron chi connectivity index (χ1n) is 8.18. The molecule has 2 fully saturated rings. The highest BCUT2D eigenvalue weighted by molar-refractivity contribution is 6.00. The number of aliphatic hydroxyl groups is 1. The normalized spacial score (nSPS) is 39.0. The van der Waals surface area contributed by atoms with Gasteiger partial charge in [-0.1, -0.05) is 11.6 Å². The number of hydrogen-bond acceptors (Lipinski definition) is 5. The van der Waals surface area contributed by atoms with Crippen LogP contribution in [-0.2, 0) is 19.1 Å². The fraction of sp³-hybridized carbons (Fsp3) is 0.667. The number of carbonyl (C=O) groups is 2. The molecule has 0 aromatic heterocycles. The summed E-state index contributed by atoms with van der Waals surface area (Å²) in [5.41, 5.74) is 0.101. The second-order valence-electron chi connectivity index (χ2n) is 7.50. The summed E-state index contributed by atoms with van der Waals surface area (Å²) in [6.45, 7) is 6.12. The Labute approximate surface area is 136 Å². The molecule has 126 valence electrons. The van der Waals surface area contributed by atoms with Gasteiger partial charge in [-0.25, -0.2) is 0 Å². The van der Waals surface area contributed by atoms with Crippen LogP contribution in [0.15, 0.2) is 23.8 Å². The van der Waals surface area contributed by atoms with E-state index in [1.807, 2.05) is 13.0 Å². The van der Waals surface area contributed by atoms with Gasteiger partial charge in [0.1, 0.15) is 6.10 Å². The zero-order chi connectivity index (χ0) is 16.8. The lowest BCUT2D eigenvalue weighted by Crippen LogP contribution is -2.42. The van der Waals surface area contributed by atoms with Gasteiger partial charge >= 0.3 is 5.97 Å². The van der Waals surface area contributed by atoms with Gasteiger partial charge < -0.3 is 14.6 Å². The van der Waals surface area contributed by atoms with Crippen molar-refractivity contribution in [1.82, 2.24) is 0 Å². The van der Waals surface area contributed by atoms with Crippen molar-refractivity contribution >= 4 is 11.8 Å². The maximum absolute atomic E-state index is 12.4. The Hall–Kier alpha value is -1.46. The Morgan fingerprint density at radius 2 is 2.13 bits per heavy atom. The molecule has 5 heteroatoms. The summed E-state index contributed by atoms with van der Waals surface area (Å²) in [7, 11) is 0. The van der Waals surface area contributed by atoms with E-state index >= 15 is 0 Å². The van der Waals surface area contributed by atoms with E-state index < -0.39 is 17.6 Å². The molecule has 2 saturated heterocycles. The minimum atomic E-state index is -0.943. The largest absolute Gasteiger partial charge is 0.457 e. The molecule has 3 rings (SSSR count). The van der Waals surface area contributed by atoms with Crippen LogP contribution < -0.4 is 0 Å². The number of hydrogen-bond donors (Lipinski definition) is 1. The first-order valence-corrected chi connectivity index (χ1v) is 8.18. The van der Waals surface area contributed by atoms with Crippen LogP contribution in [0.5, 0.6) is 0 Å². The zero-order valence-corrected chi connectivity index (χ0v) is 13.9. The van der Waals surface area contributed by atoms with E-state index in [0.29, 0.717) is 0 Å². The Bertz CT molecular complexity index is 588. The molecule has 0 radical (unpaired) electrons. The van der Waals surface area contributed by atoms with Gasteiger partial charge in [0.05, 0.1) is 29.6 Å². The average molecular weight is 320 g/mol. The molecule has 2 aliphatic heterocycles. The first-order chi connectivity index (χ1) is 10.7. The number of aliphatic hydroxyl groups excluding tert-OH is 1. The smallest absolute Gasteiger partial charge is 0.307 e. The van der Waals surface area contributed by atoms with Gasteiger partial charge in [-0.05, 0) is 52.2 Å². The van der Waals surface area contributed by atoms with E-state index in [1.54, 1.807) is 0 Å². The highest BCUT2D eigenvalue weighted by Gasteiger charge is 2.54. The molecule has 0 saturated carbocycles. The van der Waals surface area contributed by atoms with Crippen LogP contribution in [-0.4, -0.2) is 40.8 Å². The van der Waals surface area contributed by atoms with Crippen molar-refractivity contribution in [2.75, 3.05) is 0 Å². The topological polar surface area (TPSA) is 76.1 Å². The van der Waals surface area contributed by atoms with Crippen LogP contribution in [0.25, 0.3) is 0 Å². The van der Waals surface area contributed by atoms with Crippen LogP contribution in [0.1, 0.15) is 46.5 Å². The molecule has 1 spiro atoms. The Morgan fingerprint density at radius 1 is 1.43 bits per heavy atom. The van der Waals surface area contributed by atoms with Crippen LogP contribution in [0.2, 0.25) is 0 Å². The Morgan fingerprint density at radius 3 is 2.78 bits per heavy atom. The maximum Gasteiger partial charge on any atom is 0.307 e. The van der Waals surface area contributed by atoms with Crippen molar-refractivity contribution in [2.45, 2.75) is 70.4 Å². The molecule has 0 aromatic carbocycles. The second-order valence-corrected chi connectivity index (χ2v) is 7.50. The van der Waals surface area contributed by atoms with Crippen molar-refractivity contribution in [3.63, 3.8) is 0 Å². The zero-order valence-electron chi connectivity index (χ0n) is 13.9. The van der Waals surface area contributed by atoms with Crippen molar-refractivity contribution in [2.24, 2.45) is 5.41 Å². The summed E-state index contributed by atoms with van der Waals surface area (Å²) in [6, 6.07) is 0. The SMILES string of the molecule is CC(=C[C@H]1OC(=O)C[C@]12C[C@H](O)C=CC2=O)CC[C@H]1OC1(C)C. The van der Waals surface area contributed by atoms with E-state index in [4.69, 9.17) is 9.47 Å². The predicted molar refractivity (Wildman–Crippen MR) is 83.6 cm³/mol. The van der Waals surface area contributed by atoms with Gasteiger partial charge in [-0.3, -0.25) is 9.59 Å². The number of epoxide rings is 1.